The summed E-state index contributed by atoms with van der Waals surface area (Å²) in [7, 11) is 3.39. The molecule has 0 aliphatic heterocycles. The van der Waals surface area contributed by atoms with Gasteiger partial charge in [0.1, 0.15) is 0 Å². The van der Waals surface area contributed by atoms with Crippen molar-refractivity contribution in [2.24, 2.45) is 11.7 Å². The van der Waals surface area contributed by atoms with Gasteiger partial charge in [0.2, 0.25) is 0 Å². The van der Waals surface area contributed by atoms with Gasteiger partial charge >= 0.3 is 0 Å². The van der Waals surface area contributed by atoms with Crippen molar-refractivity contribution in [1.29, 1.82) is 0 Å². The number of hydrogen-bond donors (Lipinski definition) is 1. The lowest BCUT2D eigenvalue weighted by molar-refractivity contribution is 0.0817. The second-order valence-electron chi connectivity index (χ2n) is 2.35. The van der Waals surface area contributed by atoms with Gasteiger partial charge in [-0.1, -0.05) is 0 Å². The normalized spacial score (nSPS) is 10.8. The van der Waals surface area contributed by atoms with Crippen LogP contribution < -0.4 is 5.73 Å². The molecule has 0 aliphatic carbocycles. The molecule has 3 heteroatoms. The minimum atomic E-state index is 0.458. The molecule has 2 N–H and O–H groups in total. The summed E-state index contributed by atoms with van der Waals surface area (Å²) in [5.41, 5.74) is 5.38. The van der Waals surface area contributed by atoms with E-state index in [2.05, 4.69) is 0 Å². The Labute approximate surface area is 62.5 Å². The molecule has 0 saturated heterocycles. The molecule has 0 amide bonds. The van der Waals surface area contributed by atoms with Crippen molar-refractivity contribution in [2.45, 2.75) is 6.42 Å². The standard InChI is InChI=1S/C7H17NO2/c1-9-5-7(3-4-8)6-10-2/h7H,3-6,8H2,1-2H3. The fourth-order valence-electron chi connectivity index (χ4n) is 0.922. The largest absolute Gasteiger partial charge is 0.384 e. The zero-order valence-corrected chi connectivity index (χ0v) is 6.80. The van der Waals surface area contributed by atoms with Crippen LogP contribution in [0.25, 0.3) is 0 Å². The van der Waals surface area contributed by atoms with Crippen molar-refractivity contribution in [2.75, 3.05) is 34.0 Å². The summed E-state index contributed by atoms with van der Waals surface area (Å²) in [5, 5.41) is 0. The van der Waals surface area contributed by atoms with Crippen molar-refractivity contribution in [1.82, 2.24) is 0 Å². The summed E-state index contributed by atoms with van der Waals surface area (Å²) in [4.78, 5) is 0. The van der Waals surface area contributed by atoms with Crippen LogP contribution in [0.3, 0.4) is 0 Å². The molecular formula is C7H17NO2. The molecule has 0 rings (SSSR count). The second kappa shape index (κ2) is 6.99. The average Bonchev–Trinajstić information content (AvgIpc) is 1.90. The Hall–Kier alpha value is -0.120. The highest BCUT2D eigenvalue weighted by Gasteiger charge is 2.05. The maximum absolute atomic E-state index is 5.38. The zero-order chi connectivity index (χ0) is 7.82. The maximum Gasteiger partial charge on any atom is 0.0512 e. The van der Waals surface area contributed by atoms with E-state index in [0.29, 0.717) is 12.5 Å². The van der Waals surface area contributed by atoms with E-state index in [9.17, 15) is 0 Å². The molecule has 0 bridgehead atoms. The molecule has 62 valence electrons. The first-order valence-electron chi connectivity index (χ1n) is 3.53. The number of hydrogen-bond acceptors (Lipinski definition) is 3. The van der Waals surface area contributed by atoms with Crippen molar-refractivity contribution < 1.29 is 9.47 Å². The number of nitrogens with two attached hydrogens (primary N) is 1. The molecule has 0 fully saturated rings. The zero-order valence-electron chi connectivity index (χ0n) is 6.80. The van der Waals surface area contributed by atoms with E-state index < -0.39 is 0 Å². The lowest BCUT2D eigenvalue weighted by Gasteiger charge is -2.12. The van der Waals surface area contributed by atoms with Crippen molar-refractivity contribution in [3.05, 3.63) is 0 Å². The van der Waals surface area contributed by atoms with Gasteiger partial charge in [0.25, 0.3) is 0 Å². The molecule has 0 aromatic heterocycles. The highest BCUT2D eigenvalue weighted by Crippen LogP contribution is 2.01. The van der Waals surface area contributed by atoms with E-state index in [4.69, 9.17) is 15.2 Å². The molecule has 0 radical (unpaired) electrons. The Bertz CT molecular complexity index is 54.4. The number of methoxy groups -OCH3 is 2. The van der Waals surface area contributed by atoms with Crippen LogP contribution in [0.5, 0.6) is 0 Å². The molecule has 0 spiro atoms. The molecule has 0 saturated carbocycles. The van der Waals surface area contributed by atoms with Gasteiger partial charge in [-0.2, -0.15) is 0 Å². The first-order valence-corrected chi connectivity index (χ1v) is 3.53. The van der Waals surface area contributed by atoms with E-state index in [1.165, 1.54) is 0 Å². The van der Waals surface area contributed by atoms with E-state index in [0.717, 1.165) is 19.6 Å². The van der Waals surface area contributed by atoms with Crippen molar-refractivity contribution >= 4 is 0 Å². The predicted molar refractivity (Wildman–Crippen MR) is 40.9 cm³/mol. The summed E-state index contributed by atoms with van der Waals surface area (Å²) in [6.07, 6.45) is 0.974. The minimum Gasteiger partial charge on any atom is -0.384 e. The predicted octanol–water partition coefficient (Wildman–Crippen LogP) is 0.244. The summed E-state index contributed by atoms with van der Waals surface area (Å²) in [6, 6.07) is 0. The molecule has 0 aromatic rings. The smallest absolute Gasteiger partial charge is 0.0512 e. The van der Waals surface area contributed by atoms with Crippen LogP contribution in [-0.2, 0) is 9.47 Å². The van der Waals surface area contributed by atoms with Gasteiger partial charge in [-0.3, -0.25) is 0 Å². The monoisotopic (exact) mass is 147 g/mol. The lowest BCUT2D eigenvalue weighted by atomic mass is 10.1. The average molecular weight is 147 g/mol. The molecular weight excluding hydrogens is 130 g/mol. The third-order valence-corrected chi connectivity index (χ3v) is 1.38. The Kier molecular flexibility index (Phi) is 6.91. The van der Waals surface area contributed by atoms with Crippen molar-refractivity contribution in [3.8, 4) is 0 Å². The molecule has 3 nitrogen and oxygen atoms in total. The summed E-state index contributed by atoms with van der Waals surface area (Å²) in [6.45, 7) is 2.19. The molecule has 0 aliphatic rings. The molecule has 0 atom stereocenters. The third kappa shape index (κ3) is 4.73. The van der Waals surface area contributed by atoms with Gasteiger partial charge in [0, 0.05) is 20.1 Å². The SMILES string of the molecule is COCC(CCN)COC. The van der Waals surface area contributed by atoms with Crippen LogP contribution in [0.1, 0.15) is 6.42 Å². The third-order valence-electron chi connectivity index (χ3n) is 1.38. The molecule has 10 heavy (non-hydrogen) atoms. The summed E-state index contributed by atoms with van der Waals surface area (Å²) >= 11 is 0. The van der Waals surface area contributed by atoms with E-state index in [-0.39, 0.29) is 0 Å². The first kappa shape index (κ1) is 9.88. The maximum atomic E-state index is 5.38. The first-order chi connectivity index (χ1) is 4.85. The Morgan fingerprint density at radius 3 is 2.00 bits per heavy atom. The minimum absolute atomic E-state index is 0.458. The van der Waals surface area contributed by atoms with Crippen LogP contribution in [0.15, 0.2) is 0 Å². The fourth-order valence-corrected chi connectivity index (χ4v) is 0.922. The molecule has 0 heterocycles. The lowest BCUT2D eigenvalue weighted by Crippen LogP contribution is -2.18. The highest BCUT2D eigenvalue weighted by atomic mass is 16.5. The summed E-state index contributed by atoms with van der Waals surface area (Å²) < 4.78 is 9.95. The topological polar surface area (TPSA) is 44.5 Å². The number of ether oxygens (including phenoxy) is 2. The van der Waals surface area contributed by atoms with Crippen LogP contribution in [0.2, 0.25) is 0 Å². The van der Waals surface area contributed by atoms with Gasteiger partial charge in [0.05, 0.1) is 13.2 Å². The van der Waals surface area contributed by atoms with Crippen LogP contribution in [-0.4, -0.2) is 34.0 Å². The van der Waals surface area contributed by atoms with Gasteiger partial charge in [0.15, 0.2) is 0 Å². The Morgan fingerprint density at radius 1 is 1.20 bits per heavy atom. The summed E-state index contributed by atoms with van der Waals surface area (Å²) in [5.74, 6) is 0.458. The number of rotatable bonds is 6. The van der Waals surface area contributed by atoms with E-state index >= 15 is 0 Å². The van der Waals surface area contributed by atoms with Gasteiger partial charge in [-0.05, 0) is 13.0 Å². The Balaban J connectivity index is 3.30. The van der Waals surface area contributed by atoms with E-state index in [1.807, 2.05) is 0 Å². The molecule has 0 unspecified atom stereocenters. The molecule has 0 aromatic carbocycles. The van der Waals surface area contributed by atoms with Gasteiger partial charge < -0.3 is 15.2 Å². The highest BCUT2D eigenvalue weighted by molar-refractivity contribution is 4.56. The van der Waals surface area contributed by atoms with Crippen LogP contribution in [0, 0.1) is 5.92 Å². The Morgan fingerprint density at radius 2 is 1.70 bits per heavy atom. The second-order valence-corrected chi connectivity index (χ2v) is 2.35. The van der Waals surface area contributed by atoms with Crippen molar-refractivity contribution in [3.63, 3.8) is 0 Å². The van der Waals surface area contributed by atoms with Gasteiger partial charge in [-0.25, -0.2) is 0 Å². The van der Waals surface area contributed by atoms with Crippen LogP contribution in [0.4, 0.5) is 0 Å². The van der Waals surface area contributed by atoms with E-state index in [1.54, 1.807) is 14.2 Å². The van der Waals surface area contributed by atoms with Crippen LogP contribution >= 0.6 is 0 Å². The van der Waals surface area contributed by atoms with Gasteiger partial charge in [-0.15, -0.1) is 0 Å². The quantitative estimate of drug-likeness (QED) is 0.585. The fraction of sp³-hybridized carbons (Fsp3) is 1.00.